The van der Waals surface area contributed by atoms with Gasteiger partial charge in [0, 0.05) is 58.8 Å². The van der Waals surface area contributed by atoms with Gasteiger partial charge in [-0.2, -0.15) is 36.3 Å². The summed E-state index contributed by atoms with van der Waals surface area (Å²) in [7, 11) is 2.91. The van der Waals surface area contributed by atoms with E-state index in [-0.39, 0.29) is 44.6 Å². The summed E-state index contributed by atoms with van der Waals surface area (Å²) in [5.74, 6) is 2.20. The van der Waals surface area contributed by atoms with Gasteiger partial charge in [0.2, 0.25) is 29.1 Å². The number of anilines is 5. The van der Waals surface area contributed by atoms with E-state index in [1.54, 1.807) is 5.48 Å². The smallest absolute Gasteiger partial charge is 0.255 e. The van der Waals surface area contributed by atoms with Gasteiger partial charge < -0.3 is 49.1 Å². The van der Waals surface area contributed by atoms with Crippen LogP contribution in [-0.4, -0.2) is 80.6 Å². The molecular formula is C25H55ClIN12O2V-. The van der Waals surface area contributed by atoms with Crippen LogP contribution in [0.5, 0.6) is 0 Å². The number of aromatic nitrogens is 6. The molecule has 0 fully saturated rings. The molecule has 2 rings (SSSR count). The molecule has 0 aliphatic carbocycles. The van der Waals surface area contributed by atoms with Crippen molar-refractivity contribution in [3.8, 4) is 0 Å². The van der Waals surface area contributed by atoms with Crippen molar-refractivity contribution < 1.29 is 29.0 Å². The van der Waals surface area contributed by atoms with Gasteiger partial charge in [0.1, 0.15) is 0 Å². The maximum Gasteiger partial charge on any atom is 0.255 e. The molecule has 7 N–H and O–H groups in total. The fourth-order valence-electron chi connectivity index (χ4n) is 2.12. The zero-order valence-electron chi connectivity index (χ0n) is 24.7. The van der Waals surface area contributed by atoms with Crippen LogP contribution in [0.3, 0.4) is 0 Å². The third-order valence-electron chi connectivity index (χ3n) is 3.81. The van der Waals surface area contributed by atoms with Crippen LogP contribution < -0.4 is 31.8 Å². The summed E-state index contributed by atoms with van der Waals surface area (Å²) in [6.07, 6.45) is 5.17. The zero-order chi connectivity index (χ0) is 29.9. The number of rotatable bonds is 14. The Kier molecular flexibility index (Phi) is 42.6. The van der Waals surface area contributed by atoms with E-state index in [4.69, 9.17) is 16.8 Å². The van der Waals surface area contributed by atoms with E-state index in [0.717, 1.165) is 56.9 Å². The molecule has 0 aliphatic rings. The predicted octanol–water partition coefficient (Wildman–Crippen LogP) is 6.37. The first-order valence-corrected chi connectivity index (χ1v) is 14.7. The maximum absolute atomic E-state index is 9.35. The van der Waals surface area contributed by atoms with Crippen LogP contribution in [0.15, 0.2) is 0 Å². The molecular weight excluding hydrogens is 714 g/mol. The number of hydrogen-bond donors (Lipinski definition) is 7. The second-order valence-corrected chi connectivity index (χ2v) is 8.77. The molecule has 0 amide bonds. The van der Waals surface area contributed by atoms with Gasteiger partial charge >= 0.3 is 0 Å². The van der Waals surface area contributed by atoms with Gasteiger partial charge in [0.15, 0.2) is 0 Å². The molecule has 0 saturated heterocycles. The fraction of sp³-hybridized carbons (Fsp3) is 0.720. The van der Waals surface area contributed by atoms with E-state index in [2.05, 4.69) is 113 Å². The SMILES string of the molecule is C.C.CCCNc1nc(Cl)nc(NCCC)n1.CCCNc1nc(NCCC)nc(N(C)O)n1.CC[CH-]I.CNO.[V]. The van der Waals surface area contributed by atoms with E-state index >= 15 is 0 Å². The Balaban J connectivity index is -0.000000168. The molecule has 42 heavy (non-hydrogen) atoms. The van der Waals surface area contributed by atoms with Gasteiger partial charge in [0.05, 0.1) is 0 Å². The van der Waals surface area contributed by atoms with Crippen molar-refractivity contribution in [2.24, 2.45) is 0 Å². The Hall–Kier alpha value is -1.50. The molecule has 2 aromatic heterocycles. The molecule has 2 aromatic rings. The monoisotopic (exact) mass is 768 g/mol. The van der Waals surface area contributed by atoms with Crippen molar-refractivity contribution in [2.45, 2.75) is 81.6 Å². The number of halogens is 2. The Morgan fingerprint density at radius 3 is 1.19 bits per heavy atom. The van der Waals surface area contributed by atoms with Crippen LogP contribution >= 0.6 is 34.2 Å². The van der Waals surface area contributed by atoms with Gasteiger partial charge in [-0.05, 0) is 37.3 Å². The van der Waals surface area contributed by atoms with Crippen molar-refractivity contribution in [3.63, 3.8) is 0 Å². The molecule has 0 aliphatic heterocycles. The summed E-state index contributed by atoms with van der Waals surface area (Å²) in [6, 6.07) is 0. The quantitative estimate of drug-likeness (QED) is 0.0640. The minimum absolute atomic E-state index is 0. The second kappa shape index (κ2) is 35.7. The van der Waals surface area contributed by atoms with Crippen LogP contribution in [0.4, 0.5) is 29.7 Å². The summed E-state index contributed by atoms with van der Waals surface area (Å²) < 4.78 is 2.09. The Labute approximate surface area is 284 Å². The maximum atomic E-state index is 9.35. The minimum Gasteiger partial charge on any atom is -0.354 e. The third-order valence-corrected chi connectivity index (χ3v) is 4.86. The topological polar surface area (TPSA) is 181 Å². The fourth-order valence-corrected chi connectivity index (χ4v) is 2.28. The number of hydroxylamine groups is 2. The van der Waals surface area contributed by atoms with Crippen LogP contribution in [0.1, 0.15) is 81.6 Å². The Bertz CT molecular complexity index is 793. The van der Waals surface area contributed by atoms with Gasteiger partial charge in [-0.25, -0.2) is 10.5 Å². The number of nitrogens with one attached hydrogen (secondary N) is 5. The van der Waals surface area contributed by atoms with Crippen molar-refractivity contribution >= 4 is 63.9 Å². The van der Waals surface area contributed by atoms with Crippen LogP contribution in [0.25, 0.3) is 0 Å². The summed E-state index contributed by atoms with van der Waals surface area (Å²) in [4.78, 5) is 24.5. The Morgan fingerprint density at radius 1 is 0.714 bits per heavy atom. The number of hydrogen-bond acceptors (Lipinski definition) is 14. The molecule has 2 heterocycles. The van der Waals surface area contributed by atoms with Gasteiger partial charge in [-0.1, -0.05) is 49.5 Å². The molecule has 0 aromatic carbocycles. The molecule has 0 bridgehead atoms. The first kappa shape index (κ1) is 50.1. The average Bonchev–Trinajstić information content (AvgIpc) is 2.93. The molecule has 14 nitrogen and oxygen atoms in total. The van der Waals surface area contributed by atoms with Crippen molar-refractivity contribution in [2.75, 3.05) is 66.6 Å². The second-order valence-electron chi connectivity index (χ2n) is 7.55. The summed E-state index contributed by atoms with van der Waals surface area (Å²) in [5, 5.41) is 30.0. The van der Waals surface area contributed by atoms with E-state index in [0.29, 0.717) is 23.8 Å². The molecule has 0 atom stereocenters. The summed E-state index contributed by atoms with van der Waals surface area (Å²) in [5.41, 5.74) is 1.75. The standard InChI is InChI=1S/C10H20N6O.C9H16ClN5.C3H6I.CH5NO.2CH4.V/c1-4-6-11-8-13-9(12-7-5-2)15-10(14-8)16(3)17;1-3-5-11-8-13-7(10)14-9(15-8)12-6-4-2;1-2-3-4;1-2-3;;;/h17H,4-7H2,1-3H3,(H2,11,12,13,14,15);3-6H2,1-2H3,(H2,11,12,13,14,15);3H,2H2,1H3;2-3H,1H3;2*1H4;/q;;-1;;;;. The van der Waals surface area contributed by atoms with Gasteiger partial charge in [-0.15, -0.1) is 0 Å². The molecule has 0 unspecified atom stereocenters. The van der Waals surface area contributed by atoms with Crippen molar-refractivity contribution in [1.82, 2.24) is 35.4 Å². The molecule has 247 valence electrons. The average molecular weight is 769 g/mol. The third kappa shape index (κ3) is 28.6. The van der Waals surface area contributed by atoms with Crippen LogP contribution in [0, 0.1) is 4.43 Å². The molecule has 1 radical (unpaired) electrons. The first-order valence-electron chi connectivity index (χ1n) is 13.0. The molecule has 17 heteroatoms. The summed E-state index contributed by atoms with van der Waals surface area (Å²) in [6.45, 7) is 13.6. The first-order chi connectivity index (χ1) is 18.8. The number of nitrogens with zero attached hydrogens (tertiary/aromatic N) is 7. The van der Waals surface area contributed by atoms with Gasteiger partial charge in [0.25, 0.3) is 5.95 Å². The predicted molar refractivity (Wildman–Crippen MR) is 183 cm³/mol. The van der Waals surface area contributed by atoms with Crippen molar-refractivity contribution in [3.05, 3.63) is 9.71 Å². The van der Waals surface area contributed by atoms with Gasteiger partial charge in [-0.3, -0.25) is 9.63 Å². The van der Waals surface area contributed by atoms with Crippen molar-refractivity contribution in [1.29, 1.82) is 0 Å². The summed E-state index contributed by atoms with van der Waals surface area (Å²) >= 11 is 7.99. The van der Waals surface area contributed by atoms with E-state index < -0.39 is 0 Å². The molecule has 0 saturated carbocycles. The van der Waals surface area contributed by atoms with E-state index in [1.165, 1.54) is 20.5 Å². The van der Waals surface area contributed by atoms with E-state index in [1.807, 2.05) is 0 Å². The molecule has 0 spiro atoms. The van der Waals surface area contributed by atoms with Crippen LogP contribution in [-0.2, 0) is 18.6 Å². The van der Waals surface area contributed by atoms with E-state index in [9.17, 15) is 5.21 Å². The largest absolute Gasteiger partial charge is 0.354 e. The zero-order valence-corrected chi connectivity index (χ0v) is 29.0. The minimum atomic E-state index is 0. The Morgan fingerprint density at radius 2 is 0.976 bits per heavy atom. The van der Waals surface area contributed by atoms with Crippen LogP contribution in [0.2, 0.25) is 5.28 Å². The normalized spacial score (nSPS) is 8.83.